The van der Waals surface area contributed by atoms with E-state index in [0.717, 1.165) is 99.8 Å². The van der Waals surface area contributed by atoms with E-state index in [1.807, 2.05) is 48.5 Å². The zero-order chi connectivity index (χ0) is 37.0. The van der Waals surface area contributed by atoms with E-state index in [9.17, 15) is 0 Å². The fraction of sp³-hybridized carbons (Fsp3) is 0. The summed E-state index contributed by atoms with van der Waals surface area (Å²) >= 11 is 0. The van der Waals surface area contributed by atoms with Gasteiger partial charge in [0.05, 0.1) is 11.4 Å². The molecular formula is C52H32N2O2. The Morgan fingerprint density at radius 3 is 1.23 bits per heavy atom. The third-order valence-electron chi connectivity index (χ3n) is 10.7. The monoisotopic (exact) mass is 716 g/mol. The first kappa shape index (κ1) is 31.9. The molecule has 3 heterocycles. The molecule has 11 rings (SSSR count). The van der Waals surface area contributed by atoms with Crippen molar-refractivity contribution < 1.29 is 8.83 Å². The third-order valence-corrected chi connectivity index (χ3v) is 10.7. The molecule has 262 valence electrons. The molecule has 0 aliphatic heterocycles. The first-order chi connectivity index (χ1) is 27.7. The summed E-state index contributed by atoms with van der Waals surface area (Å²) in [6.07, 6.45) is 0. The molecule has 0 N–H and O–H groups in total. The lowest BCUT2D eigenvalue weighted by Crippen LogP contribution is -1.96. The minimum absolute atomic E-state index is 0.671. The van der Waals surface area contributed by atoms with Crippen LogP contribution in [0.15, 0.2) is 203 Å². The number of nitrogens with zero attached hydrogens (tertiary/aromatic N) is 2. The molecule has 4 heteroatoms. The fourth-order valence-corrected chi connectivity index (χ4v) is 7.84. The normalized spacial score (nSPS) is 11.6. The van der Waals surface area contributed by atoms with E-state index in [-0.39, 0.29) is 0 Å². The SMILES string of the molecule is c1ccc(-c2ccc(-c3cc(-c4cc(-c5ccc6c(c5)oc5ccccc56)cc(-c5ccc6c(c5)oc5ccccc56)c4)nc(-c4ccccc4)n3)cc2)cc1. The summed E-state index contributed by atoms with van der Waals surface area (Å²) in [6, 6.07) is 67.5. The Labute approximate surface area is 323 Å². The first-order valence-corrected chi connectivity index (χ1v) is 18.8. The summed E-state index contributed by atoms with van der Waals surface area (Å²) in [5, 5.41) is 4.42. The Kier molecular flexibility index (Phi) is 7.46. The van der Waals surface area contributed by atoms with Crippen molar-refractivity contribution in [2.24, 2.45) is 0 Å². The summed E-state index contributed by atoms with van der Waals surface area (Å²) < 4.78 is 12.7. The van der Waals surface area contributed by atoms with Crippen molar-refractivity contribution in [3.63, 3.8) is 0 Å². The highest BCUT2D eigenvalue weighted by atomic mass is 16.3. The molecule has 11 aromatic rings. The van der Waals surface area contributed by atoms with Crippen LogP contribution in [0.2, 0.25) is 0 Å². The Bertz CT molecular complexity index is 3100. The van der Waals surface area contributed by atoms with E-state index in [0.29, 0.717) is 5.82 Å². The van der Waals surface area contributed by atoms with Crippen molar-refractivity contribution in [1.82, 2.24) is 9.97 Å². The topological polar surface area (TPSA) is 52.1 Å². The lowest BCUT2D eigenvalue weighted by Gasteiger charge is -2.13. The molecule has 0 amide bonds. The number of fused-ring (bicyclic) bond motifs is 6. The van der Waals surface area contributed by atoms with Crippen LogP contribution in [-0.2, 0) is 0 Å². The van der Waals surface area contributed by atoms with Crippen LogP contribution in [0.5, 0.6) is 0 Å². The number of benzene rings is 8. The van der Waals surface area contributed by atoms with Crippen LogP contribution in [0.25, 0.3) is 111 Å². The summed E-state index contributed by atoms with van der Waals surface area (Å²) in [6.45, 7) is 0. The molecule has 4 nitrogen and oxygen atoms in total. The molecule has 56 heavy (non-hydrogen) atoms. The van der Waals surface area contributed by atoms with Gasteiger partial charge in [-0.15, -0.1) is 0 Å². The summed E-state index contributed by atoms with van der Waals surface area (Å²) in [5.74, 6) is 0.671. The predicted octanol–water partition coefficient (Wildman–Crippen LogP) is 14.3. The van der Waals surface area contributed by atoms with Crippen LogP contribution in [0, 0.1) is 0 Å². The third kappa shape index (κ3) is 5.64. The lowest BCUT2D eigenvalue weighted by atomic mass is 9.93. The molecule has 0 aliphatic rings. The Hall–Kier alpha value is -7.56. The molecule has 0 radical (unpaired) electrons. The number of aromatic nitrogens is 2. The number of hydrogen-bond acceptors (Lipinski definition) is 4. The average Bonchev–Trinajstić information content (AvgIpc) is 3.84. The van der Waals surface area contributed by atoms with Gasteiger partial charge in [0.15, 0.2) is 5.82 Å². The quantitative estimate of drug-likeness (QED) is 0.172. The lowest BCUT2D eigenvalue weighted by molar-refractivity contribution is 0.668. The van der Waals surface area contributed by atoms with Crippen LogP contribution in [-0.4, -0.2) is 9.97 Å². The largest absolute Gasteiger partial charge is 0.456 e. The molecule has 8 aromatic carbocycles. The summed E-state index contributed by atoms with van der Waals surface area (Å²) in [5.41, 5.74) is 14.7. The highest BCUT2D eigenvalue weighted by Crippen LogP contribution is 2.39. The maximum absolute atomic E-state index is 6.35. The summed E-state index contributed by atoms with van der Waals surface area (Å²) in [4.78, 5) is 10.4. The average molecular weight is 717 g/mol. The van der Waals surface area contributed by atoms with Crippen LogP contribution >= 0.6 is 0 Å². The van der Waals surface area contributed by atoms with Gasteiger partial charge in [0.2, 0.25) is 0 Å². The molecule has 3 aromatic heterocycles. The van der Waals surface area contributed by atoms with Crippen LogP contribution < -0.4 is 0 Å². The van der Waals surface area contributed by atoms with E-state index >= 15 is 0 Å². The highest BCUT2D eigenvalue weighted by Gasteiger charge is 2.16. The Morgan fingerprint density at radius 1 is 0.250 bits per heavy atom. The second-order valence-corrected chi connectivity index (χ2v) is 14.2. The van der Waals surface area contributed by atoms with Gasteiger partial charge in [-0.25, -0.2) is 9.97 Å². The van der Waals surface area contributed by atoms with E-state index in [1.165, 1.54) is 5.56 Å². The van der Waals surface area contributed by atoms with E-state index in [4.69, 9.17) is 18.8 Å². The van der Waals surface area contributed by atoms with Crippen LogP contribution in [0.4, 0.5) is 0 Å². The number of hydrogen-bond donors (Lipinski definition) is 0. The predicted molar refractivity (Wildman–Crippen MR) is 229 cm³/mol. The Balaban J connectivity index is 1.10. The molecule has 0 aliphatic carbocycles. The molecule has 0 saturated heterocycles. The van der Waals surface area contributed by atoms with Gasteiger partial charge >= 0.3 is 0 Å². The molecule has 0 spiro atoms. The number of furan rings is 2. The van der Waals surface area contributed by atoms with Crippen LogP contribution in [0.1, 0.15) is 0 Å². The highest BCUT2D eigenvalue weighted by molar-refractivity contribution is 6.07. The second kappa shape index (κ2) is 13.1. The van der Waals surface area contributed by atoms with E-state index in [1.54, 1.807) is 0 Å². The zero-order valence-corrected chi connectivity index (χ0v) is 30.2. The van der Waals surface area contributed by atoms with Crippen molar-refractivity contribution in [2.45, 2.75) is 0 Å². The molecule has 0 bridgehead atoms. The van der Waals surface area contributed by atoms with Gasteiger partial charge < -0.3 is 8.83 Å². The Morgan fingerprint density at radius 2 is 0.661 bits per heavy atom. The molecule has 0 fully saturated rings. The van der Waals surface area contributed by atoms with Gasteiger partial charge in [0.1, 0.15) is 22.3 Å². The maximum atomic E-state index is 6.35. The van der Waals surface area contributed by atoms with Crippen molar-refractivity contribution in [1.29, 1.82) is 0 Å². The maximum Gasteiger partial charge on any atom is 0.160 e. The van der Waals surface area contributed by atoms with Gasteiger partial charge in [-0.05, 0) is 94.0 Å². The van der Waals surface area contributed by atoms with Gasteiger partial charge in [-0.2, -0.15) is 0 Å². The minimum Gasteiger partial charge on any atom is -0.456 e. The standard InChI is InChI=1S/C52H32N2O2/c1-3-11-33(12-4-1)34-19-21-35(22-20-34)46-32-47(54-52(53-46)36-13-5-2-6-14-36)41-28-39(37-23-25-44-42-15-7-9-17-48(42)55-50(44)30-37)27-40(29-41)38-24-26-45-43-16-8-10-18-49(43)56-51(45)31-38/h1-32H. The molecule has 0 unspecified atom stereocenters. The van der Waals surface area contributed by atoms with E-state index in [2.05, 4.69) is 146 Å². The molecule has 0 atom stereocenters. The van der Waals surface area contributed by atoms with Crippen molar-refractivity contribution in [2.75, 3.05) is 0 Å². The second-order valence-electron chi connectivity index (χ2n) is 14.2. The van der Waals surface area contributed by atoms with Gasteiger partial charge in [-0.3, -0.25) is 0 Å². The van der Waals surface area contributed by atoms with Gasteiger partial charge in [-0.1, -0.05) is 133 Å². The molecular weight excluding hydrogens is 685 g/mol. The first-order valence-electron chi connectivity index (χ1n) is 18.8. The van der Waals surface area contributed by atoms with Crippen molar-refractivity contribution >= 4 is 43.9 Å². The zero-order valence-electron chi connectivity index (χ0n) is 30.2. The smallest absolute Gasteiger partial charge is 0.160 e. The fourth-order valence-electron chi connectivity index (χ4n) is 7.84. The van der Waals surface area contributed by atoms with Gasteiger partial charge in [0.25, 0.3) is 0 Å². The molecule has 0 saturated carbocycles. The van der Waals surface area contributed by atoms with Crippen LogP contribution in [0.3, 0.4) is 0 Å². The summed E-state index contributed by atoms with van der Waals surface area (Å²) in [7, 11) is 0. The van der Waals surface area contributed by atoms with E-state index < -0.39 is 0 Å². The van der Waals surface area contributed by atoms with Crippen molar-refractivity contribution in [3.05, 3.63) is 194 Å². The number of rotatable bonds is 6. The minimum atomic E-state index is 0.671. The number of para-hydroxylation sites is 2. The van der Waals surface area contributed by atoms with Gasteiger partial charge in [0, 0.05) is 38.2 Å². The van der Waals surface area contributed by atoms with Crippen molar-refractivity contribution in [3.8, 4) is 67.3 Å².